The zero-order valence-corrected chi connectivity index (χ0v) is 16.0. The van der Waals surface area contributed by atoms with Crippen molar-refractivity contribution in [1.29, 1.82) is 0 Å². The lowest BCUT2D eigenvalue weighted by Gasteiger charge is -2.30. The molecule has 0 bridgehead atoms. The first kappa shape index (κ1) is 21.7. The summed E-state index contributed by atoms with van der Waals surface area (Å²) in [6, 6.07) is 7.99. The van der Waals surface area contributed by atoms with E-state index < -0.39 is 11.5 Å². The molecule has 0 saturated carbocycles. The molecule has 2 N–H and O–H groups in total. The van der Waals surface area contributed by atoms with Crippen LogP contribution >= 0.6 is 0 Å². The molecule has 1 rings (SSSR count). The van der Waals surface area contributed by atoms with Crippen molar-refractivity contribution in [3.8, 4) is 0 Å². The summed E-state index contributed by atoms with van der Waals surface area (Å²) < 4.78 is 10.1. The molecule has 1 unspecified atom stereocenters. The number of rotatable bonds is 11. The van der Waals surface area contributed by atoms with Gasteiger partial charge in [-0.25, -0.2) is 9.59 Å². The maximum Gasteiger partial charge on any atom is 0.330 e. The first-order chi connectivity index (χ1) is 12.4. The van der Waals surface area contributed by atoms with Crippen LogP contribution in [0.1, 0.15) is 30.9 Å². The summed E-state index contributed by atoms with van der Waals surface area (Å²) in [4.78, 5) is 23.4. The second kappa shape index (κ2) is 11.3. The van der Waals surface area contributed by atoms with Crippen molar-refractivity contribution in [3.63, 3.8) is 0 Å². The molecule has 0 aliphatic heterocycles. The van der Waals surface area contributed by atoms with E-state index in [4.69, 9.17) is 9.47 Å². The molecule has 6 nitrogen and oxygen atoms in total. The summed E-state index contributed by atoms with van der Waals surface area (Å²) in [5.74, 6) is -0.471. The Morgan fingerprint density at radius 3 is 2.46 bits per heavy atom. The number of urea groups is 1. The third-order valence-electron chi connectivity index (χ3n) is 4.16. The van der Waals surface area contributed by atoms with E-state index in [1.54, 1.807) is 7.11 Å². The minimum atomic E-state index is -0.536. The van der Waals surface area contributed by atoms with Gasteiger partial charge >= 0.3 is 12.0 Å². The number of benzene rings is 1. The molecule has 0 aromatic heterocycles. The van der Waals surface area contributed by atoms with Crippen LogP contribution in [0.25, 0.3) is 0 Å². The fourth-order valence-corrected chi connectivity index (χ4v) is 2.41. The molecule has 6 heteroatoms. The van der Waals surface area contributed by atoms with Gasteiger partial charge in [0.05, 0.1) is 6.61 Å². The second-order valence-corrected chi connectivity index (χ2v) is 6.54. The van der Waals surface area contributed by atoms with Crippen LogP contribution in [-0.2, 0) is 20.7 Å². The number of esters is 1. The van der Waals surface area contributed by atoms with Crippen LogP contribution in [0.4, 0.5) is 4.79 Å². The molecular weight excluding hydrogens is 332 g/mol. The van der Waals surface area contributed by atoms with Gasteiger partial charge in [-0.05, 0) is 32.3 Å². The largest absolute Gasteiger partial charge is 0.462 e. The highest BCUT2D eigenvalue weighted by atomic mass is 16.5. The van der Waals surface area contributed by atoms with Crippen molar-refractivity contribution in [2.75, 3.05) is 26.9 Å². The second-order valence-electron chi connectivity index (χ2n) is 6.54. The molecule has 144 valence electrons. The summed E-state index contributed by atoms with van der Waals surface area (Å²) in [6.45, 7) is 8.56. The number of amides is 2. The van der Waals surface area contributed by atoms with Crippen LogP contribution in [0.5, 0.6) is 0 Å². The van der Waals surface area contributed by atoms with Crippen LogP contribution in [0.2, 0.25) is 0 Å². The number of methoxy groups -OCH3 is 1. The average molecular weight is 362 g/mol. The molecule has 2 amide bonds. The summed E-state index contributed by atoms with van der Waals surface area (Å²) in [7, 11) is 1.61. The van der Waals surface area contributed by atoms with Gasteiger partial charge in [-0.15, -0.1) is 0 Å². The Hall–Kier alpha value is -2.34. The van der Waals surface area contributed by atoms with Gasteiger partial charge in [-0.3, -0.25) is 0 Å². The number of carbonyl (C=O) groups excluding carboxylic acids is 2. The predicted molar refractivity (Wildman–Crippen MR) is 102 cm³/mol. The molecule has 1 aromatic rings. The fourth-order valence-electron chi connectivity index (χ4n) is 2.41. The van der Waals surface area contributed by atoms with Gasteiger partial charge < -0.3 is 20.1 Å². The SMILES string of the molecule is C=CC(=O)OCCC(C)(CCOC)NC(=O)NCCc1ccc(C)cc1. The molecule has 0 radical (unpaired) electrons. The Morgan fingerprint density at radius 2 is 1.85 bits per heavy atom. The number of nitrogens with one attached hydrogen (secondary N) is 2. The van der Waals surface area contributed by atoms with Crippen LogP contribution in [0.3, 0.4) is 0 Å². The lowest BCUT2D eigenvalue weighted by atomic mass is 9.94. The zero-order valence-electron chi connectivity index (χ0n) is 16.0. The third-order valence-corrected chi connectivity index (χ3v) is 4.16. The quantitative estimate of drug-likeness (QED) is 0.469. The van der Waals surface area contributed by atoms with Crippen LogP contribution in [0, 0.1) is 6.92 Å². The topological polar surface area (TPSA) is 76.7 Å². The van der Waals surface area contributed by atoms with E-state index >= 15 is 0 Å². The zero-order chi connectivity index (χ0) is 19.4. The third kappa shape index (κ3) is 8.67. The molecule has 1 aromatic carbocycles. The summed E-state index contributed by atoms with van der Waals surface area (Å²) >= 11 is 0. The van der Waals surface area contributed by atoms with Gasteiger partial charge in [-0.2, -0.15) is 0 Å². The molecule has 1 atom stereocenters. The van der Waals surface area contributed by atoms with Gasteiger partial charge in [0.2, 0.25) is 0 Å². The summed E-state index contributed by atoms with van der Waals surface area (Å²) in [6.07, 6.45) is 2.99. The lowest BCUT2D eigenvalue weighted by Crippen LogP contribution is -2.51. The van der Waals surface area contributed by atoms with Gasteiger partial charge in [0.25, 0.3) is 0 Å². The summed E-state index contributed by atoms with van der Waals surface area (Å²) in [5.41, 5.74) is 1.85. The standard InChI is InChI=1S/C20H30N2O4/c1-5-18(23)26-15-12-20(3,11-14-25-4)22-19(24)21-13-10-17-8-6-16(2)7-9-17/h5-9H,1,10-15H2,2-4H3,(H2,21,22,24). The fraction of sp³-hybridized carbons (Fsp3) is 0.500. The molecule has 0 saturated heterocycles. The maximum absolute atomic E-state index is 12.2. The maximum atomic E-state index is 12.2. The molecule has 0 spiro atoms. The van der Waals surface area contributed by atoms with Crippen molar-refractivity contribution < 1.29 is 19.1 Å². The van der Waals surface area contributed by atoms with Crippen molar-refractivity contribution in [1.82, 2.24) is 10.6 Å². The number of ether oxygens (including phenoxy) is 2. The lowest BCUT2D eigenvalue weighted by molar-refractivity contribution is -0.138. The average Bonchev–Trinajstić information content (AvgIpc) is 2.61. The van der Waals surface area contributed by atoms with E-state index in [0.29, 0.717) is 26.0 Å². The van der Waals surface area contributed by atoms with Crippen molar-refractivity contribution in [2.24, 2.45) is 0 Å². The van der Waals surface area contributed by atoms with Gasteiger partial charge in [-0.1, -0.05) is 36.4 Å². The number of aryl methyl sites for hydroxylation is 1. The van der Waals surface area contributed by atoms with E-state index in [0.717, 1.165) is 12.5 Å². The van der Waals surface area contributed by atoms with Crippen molar-refractivity contribution in [3.05, 3.63) is 48.0 Å². The molecule has 26 heavy (non-hydrogen) atoms. The highest BCUT2D eigenvalue weighted by molar-refractivity contribution is 5.81. The predicted octanol–water partition coefficient (Wildman–Crippen LogP) is 2.75. The van der Waals surface area contributed by atoms with Crippen LogP contribution in [-0.4, -0.2) is 44.4 Å². The number of hydrogen-bond donors (Lipinski definition) is 2. The smallest absolute Gasteiger partial charge is 0.330 e. The molecule has 0 fully saturated rings. The van der Waals surface area contributed by atoms with E-state index in [2.05, 4.69) is 41.5 Å². The highest BCUT2D eigenvalue weighted by Gasteiger charge is 2.26. The van der Waals surface area contributed by atoms with E-state index in [-0.39, 0.29) is 12.6 Å². The Bertz CT molecular complexity index is 586. The van der Waals surface area contributed by atoms with Gasteiger partial charge in [0.1, 0.15) is 0 Å². The Labute approximate surface area is 156 Å². The van der Waals surface area contributed by atoms with E-state index in [9.17, 15) is 9.59 Å². The summed E-state index contributed by atoms with van der Waals surface area (Å²) in [5, 5.41) is 5.84. The van der Waals surface area contributed by atoms with Crippen molar-refractivity contribution >= 4 is 12.0 Å². The molecular formula is C20H30N2O4. The normalized spacial score (nSPS) is 12.7. The minimum absolute atomic E-state index is 0.203. The Morgan fingerprint density at radius 1 is 1.19 bits per heavy atom. The molecule has 0 aliphatic carbocycles. The first-order valence-electron chi connectivity index (χ1n) is 8.78. The number of carbonyl (C=O) groups is 2. The first-order valence-corrected chi connectivity index (χ1v) is 8.78. The monoisotopic (exact) mass is 362 g/mol. The van der Waals surface area contributed by atoms with E-state index in [1.165, 1.54) is 11.1 Å². The molecule has 0 heterocycles. The number of hydrogen-bond acceptors (Lipinski definition) is 4. The van der Waals surface area contributed by atoms with Crippen molar-refractivity contribution in [2.45, 2.75) is 38.6 Å². The molecule has 0 aliphatic rings. The van der Waals surface area contributed by atoms with Gasteiger partial charge in [0.15, 0.2) is 0 Å². The van der Waals surface area contributed by atoms with Crippen LogP contribution in [0.15, 0.2) is 36.9 Å². The Kier molecular flexibility index (Phi) is 9.44. The minimum Gasteiger partial charge on any atom is -0.462 e. The highest BCUT2D eigenvalue weighted by Crippen LogP contribution is 2.15. The Balaban J connectivity index is 2.45. The van der Waals surface area contributed by atoms with E-state index in [1.807, 2.05) is 13.8 Å². The van der Waals surface area contributed by atoms with Gasteiger partial charge in [0, 0.05) is 38.3 Å². The van der Waals surface area contributed by atoms with Crippen LogP contribution < -0.4 is 10.6 Å².